The first kappa shape index (κ1) is 37.7. The Morgan fingerprint density at radius 2 is 1.61 bits per heavy atom. The van der Waals surface area contributed by atoms with Gasteiger partial charge in [-0.1, -0.05) is 83.4 Å². The van der Waals surface area contributed by atoms with Crippen molar-refractivity contribution in [3.05, 3.63) is 59.2 Å². The number of rotatable bonds is 10. The predicted octanol–water partition coefficient (Wildman–Crippen LogP) is 7.91. The van der Waals surface area contributed by atoms with Crippen LogP contribution >= 0.6 is 0 Å². The summed E-state index contributed by atoms with van der Waals surface area (Å²) in [7, 11) is -4.92. The molecular formula is C36H50O7Si3. The fourth-order valence-electron chi connectivity index (χ4n) is 5.36. The van der Waals surface area contributed by atoms with E-state index in [4.69, 9.17) is 13.3 Å². The van der Waals surface area contributed by atoms with E-state index in [1.165, 1.54) is 6.07 Å². The van der Waals surface area contributed by atoms with Crippen molar-refractivity contribution >= 4 is 38.3 Å². The Morgan fingerprint density at radius 3 is 2.11 bits per heavy atom. The fourth-order valence-corrected chi connectivity index (χ4v) is 8.77. The van der Waals surface area contributed by atoms with Crippen LogP contribution in [0.25, 0.3) is 0 Å². The predicted molar refractivity (Wildman–Crippen MR) is 189 cm³/mol. The summed E-state index contributed by atoms with van der Waals surface area (Å²) in [6.45, 7) is 29.8. The van der Waals surface area contributed by atoms with Crippen molar-refractivity contribution in [1.29, 1.82) is 0 Å². The van der Waals surface area contributed by atoms with Crippen LogP contribution in [0.1, 0.15) is 87.1 Å². The van der Waals surface area contributed by atoms with E-state index in [9.17, 15) is 19.8 Å². The number of hydrogen-bond acceptors (Lipinski definition) is 5. The Hall–Kier alpha value is -2.71. The van der Waals surface area contributed by atoms with Crippen LogP contribution < -0.4 is 0 Å². The van der Waals surface area contributed by atoms with Crippen LogP contribution in [0.2, 0.25) is 42.8 Å². The van der Waals surface area contributed by atoms with E-state index in [0.717, 1.165) is 5.57 Å². The molecule has 3 unspecified atom stereocenters. The van der Waals surface area contributed by atoms with Crippen LogP contribution in [0.5, 0.6) is 0 Å². The number of fused-ring (bicyclic) bond motifs is 1. The Morgan fingerprint density at radius 1 is 1.02 bits per heavy atom. The Kier molecular flexibility index (Phi) is 11.0. The van der Waals surface area contributed by atoms with Gasteiger partial charge < -0.3 is 23.5 Å². The van der Waals surface area contributed by atoms with Gasteiger partial charge in [0, 0.05) is 12.0 Å². The molecule has 0 amide bonds. The Labute approximate surface area is 280 Å². The lowest BCUT2D eigenvalue weighted by molar-refractivity contribution is -0.0449. The van der Waals surface area contributed by atoms with Gasteiger partial charge >= 0.3 is 11.9 Å². The summed E-state index contributed by atoms with van der Waals surface area (Å²) < 4.78 is 21.1. The monoisotopic (exact) mass is 678 g/mol. The van der Waals surface area contributed by atoms with Crippen LogP contribution in [0.15, 0.2) is 42.5 Å². The summed E-state index contributed by atoms with van der Waals surface area (Å²) in [4.78, 5) is 24.5. The molecule has 0 heterocycles. The summed E-state index contributed by atoms with van der Waals surface area (Å²) in [5.41, 5.74) is -1.61. The van der Waals surface area contributed by atoms with Crippen LogP contribution in [-0.4, -0.2) is 66.4 Å². The summed E-state index contributed by atoms with van der Waals surface area (Å²) in [5.74, 6) is 10.1. The van der Waals surface area contributed by atoms with Gasteiger partial charge in [0.1, 0.15) is 11.7 Å². The minimum atomic E-state index is -2.26. The molecule has 1 aromatic carbocycles. The van der Waals surface area contributed by atoms with Crippen molar-refractivity contribution < 1.29 is 33.1 Å². The van der Waals surface area contributed by atoms with E-state index < -0.39 is 61.4 Å². The van der Waals surface area contributed by atoms with Crippen LogP contribution in [0.3, 0.4) is 0 Å². The zero-order chi connectivity index (χ0) is 35.0. The highest BCUT2D eigenvalue weighted by Gasteiger charge is 2.56. The Bertz CT molecular complexity index is 1520. The molecule has 0 spiro atoms. The summed E-state index contributed by atoms with van der Waals surface area (Å²) in [5, 5.41) is 19.9. The molecule has 3 rings (SSSR count). The van der Waals surface area contributed by atoms with E-state index in [0.29, 0.717) is 0 Å². The summed E-state index contributed by atoms with van der Waals surface area (Å²) in [6.07, 6.45) is 3.10. The molecule has 1 aromatic rings. The molecule has 0 saturated carbocycles. The maximum atomic E-state index is 12.5. The second kappa shape index (κ2) is 13.4. The molecule has 5 atom stereocenters. The molecule has 0 fully saturated rings. The molecule has 0 saturated heterocycles. The van der Waals surface area contributed by atoms with Gasteiger partial charge in [-0.3, -0.25) is 0 Å². The van der Waals surface area contributed by atoms with Crippen LogP contribution in [0, 0.1) is 29.1 Å². The number of benzene rings is 1. The third-order valence-electron chi connectivity index (χ3n) is 8.70. The van der Waals surface area contributed by atoms with E-state index >= 15 is 0 Å². The lowest BCUT2D eigenvalue weighted by atomic mass is 9.72. The van der Waals surface area contributed by atoms with Gasteiger partial charge in [0.05, 0.1) is 28.6 Å². The molecule has 2 aliphatic carbocycles. The molecule has 0 bridgehead atoms. The minimum absolute atomic E-state index is 0.0178. The first-order chi connectivity index (χ1) is 21.0. The van der Waals surface area contributed by atoms with Gasteiger partial charge in [-0.15, -0.1) is 6.58 Å². The molecule has 10 heteroatoms. The smallest absolute Gasteiger partial charge is 0.336 e. The fraction of sp³-hybridized carbons (Fsp3) is 0.556. The van der Waals surface area contributed by atoms with Crippen molar-refractivity contribution in [1.82, 2.24) is 0 Å². The number of carboxylic acids is 2. The van der Waals surface area contributed by atoms with Gasteiger partial charge in [0.25, 0.3) is 0 Å². The zero-order valence-electron chi connectivity index (χ0n) is 29.5. The van der Waals surface area contributed by atoms with Crippen molar-refractivity contribution in [2.24, 2.45) is 5.41 Å². The second-order valence-electron chi connectivity index (χ2n) is 15.5. The maximum Gasteiger partial charge on any atom is 0.336 e. The van der Waals surface area contributed by atoms with Gasteiger partial charge in [-0.2, -0.15) is 0 Å². The van der Waals surface area contributed by atoms with Crippen LogP contribution in [-0.2, 0) is 13.3 Å². The topological polar surface area (TPSA) is 102 Å². The lowest BCUT2D eigenvalue weighted by Crippen LogP contribution is -2.56. The number of carboxylic acid groups (broad SMARTS) is 2. The molecule has 0 aliphatic heterocycles. The average molecular weight is 679 g/mol. The zero-order valence-corrected chi connectivity index (χ0v) is 32.5. The number of carbonyl (C=O) groups is 2. The highest BCUT2D eigenvalue weighted by molar-refractivity contribution is 6.69. The summed E-state index contributed by atoms with van der Waals surface area (Å²) in [6, 6.07) is 4.46. The number of hydrogen-bond donors (Lipinski definition) is 2. The normalized spacial score (nSPS) is 26.5. The van der Waals surface area contributed by atoms with Gasteiger partial charge in [0.15, 0.2) is 8.32 Å². The molecule has 2 N–H and O–H groups in total. The van der Waals surface area contributed by atoms with E-state index in [1.54, 1.807) is 18.2 Å². The first-order valence-electron chi connectivity index (χ1n) is 15.7. The highest BCUT2D eigenvalue weighted by Crippen LogP contribution is 2.47. The van der Waals surface area contributed by atoms with Crippen molar-refractivity contribution in [2.45, 2.75) is 121 Å². The standard InChI is InChI=1S/C36H50O7Si3/c1-14-35(8)22-20-24-23-28(41-44(9)33(2,3)4)30(42-45(10)34(5,6)7)36(24,43-46(11,12)13)21-16-19-27(35)25-17-15-18-26(31(37)38)29(25)32(39)40/h14-15,17-18,23,27-28,30H,1,21H2,2-13H3,(H,37,38)(H,39,40)/t27?,28-,30+,35?,36?/m1/s1. The van der Waals surface area contributed by atoms with Crippen LogP contribution in [0.4, 0.5) is 0 Å². The largest absolute Gasteiger partial charge is 0.478 e. The summed E-state index contributed by atoms with van der Waals surface area (Å²) >= 11 is 0. The van der Waals surface area contributed by atoms with E-state index in [1.807, 2.05) is 6.92 Å². The van der Waals surface area contributed by atoms with Gasteiger partial charge in [0.2, 0.25) is 18.1 Å². The molecule has 2 radical (unpaired) electrons. The molecule has 7 nitrogen and oxygen atoms in total. The van der Waals surface area contributed by atoms with E-state index in [-0.39, 0.29) is 39.3 Å². The maximum absolute atomic E-state index is 12.5. The molecule has 2 aliphatic rings. The second-order valence-corrected chi connectivity index (χ2v) is 25.6. The number of allylic oxidation sites excluding steroid dienone is 1. The molecule has 0 aromatic heterocycles. The SMILES string of the molecule is C=CC1(C)C#CC2=C[C@@H](O[Si](C)C(C)(C)C)[C@H](O[Si](C)C(C)(C)C)C2(O[Si](C)(C)C)CC#CC1c1cccc(C(=O)O)c1C(=O)O. The minimum Gasteiger partial charge on any atom is -0.478 e. The third kappa shape index (κ3) is 8.04. The number of aromatic carboxylic acids is 2. The van der Waals surface area contributed by atoms with Gasteiger partial charge in [-0.05, 0) is 67.4 Å². The third-order valence-corrected chi connectivity index (χ3v) is 15.1. The highest BCUT2D eigenvalue weighted by atomic mass is 28.4. The molecular weight excluding hydrogens is 629 g/mol. The van der Waals surface area contributed by atoms with Crippen molar-refractivity contribution in [3.63, 3.8) is 0 Å². The molecule has 248 valence electrons. The van der Waals surface area contributed by atoms with E-state index in [2.05, 4.69) is 111 Å². The quantitative estimate of drug-likeness (QED) is 0.147. The van der Waals surface area contributed by atoms with Crippen molar-refractivity contribution in [3.8, 4) is 23.7 Å². The Balaban J connectivity index is 2.36. The average Bonchev–Trinajstić information content (AvgIpc) is 3.20. The van der Waals surface area contributed by atoms with Gasteiger partial charge in [-0.25, -0.2) is 9.59 Å². The van der Waals surface area contributed by atoms with Crippen molar-refractivity contribution in [2.75, 3.05) is 0 Å². The lowest BCUT2D eigenvalue weighted by Gasteiger charge is -2.44. The molecule has 46 heavy (non-hydrogen) atoms. The first-order valence-corrected chi connectivity index (χ1v) is 22.9.